The molecule has 1 aliphatic rings. The summed E-state index contributed by atoms with van der Waals surface area (Å²) in [5, 5.41) is 11.8. The van der Waals surface area contributed by atoms with Gasteiger partial charge in [0.15, 0.2) is 11.3 Å². The summed E-state index contributed by atoms with van der Waals surface area (Å²) in [4.78, 5) is 11.6. The van der Waals surface area contributed by atoms with Crippen molar-refractivity contribution in [3.8, 4) is 11.8 Å². The number of esters is 1. The predicted octanol–water partition coefficient (Wildman–Crippen LogP) is 1.96. The third-order valence-electron chi connectivity index (χ3n) is 2.22. The predicted molar refractivity (Wildman–Crippen MR) is 64.5 cm³/mol. The van der Waals surface area contributed by atoms with Gasteiger partial charge in [-0.3, -0.25) is 0 Å². The Morgan fingerprint density at radius 3 is 3.00 bits per heavy atom. The van der Waals surface area contributed by atoms with Crippen molar-refractivity contribution in [2.75, 3.05) is 11.9 Å². The van der Waals surface area contributed by atoms with Crippen molar-refractivity contribution in [2.45, 2.75) is 0 Å². The van der Waals surface area contributed by atoms with Gasteiger partial charge in [-0.1, -0.05) is 24.8 Å². The molecule has 1 heterocycles. The van der Waals surface area contributed by atoms with Crippen LogP contribution in [0.4, 0.5) is 5.69 Å². The summed E-state index contributed by atoms with van der Waals surface area (Å²) in [5.41, 5.74) is 0.504. The number of carbonyl (C=O) groups is 1. The molecule has 0 spiro atoms. The molecule has 0 unspecified atom stereocenters. The second-order valence-corrected chi connectivity index (χ2v) is 3.43. The molecule has 1 N–H and O–H groups in total. The van der Waals surface area contributed by atoms with E-state index in [1.54, 1.807) is 24.3 Å². The molecular formula is C13H10N2O3. The Balaban J connectivity index is 2.24. The smallest absolute Gasteiger partial charge is 0.354 e. The lowest BCUT2D eigenvalue weighted by molar-refractivity contribution is -0.137. The summed E-state index contributed by atoms with van der Waals surface area (Å²) in [6.07, 6.45) is 1.43. The molecule has 5 heteroatoms. The molecule has 2 rings (SSSR count). The maximum absolute atomic E-state index is 11.6. The quantitative estimate of drug-likeness (QED) is 0.379. The van der Waals surface area contributed by atoms with Crippen molar-refractivity contribution < 1.29 is 14.3 Å². The molecule has 18 heavy (non-hydrogen) atoms. The van der Waals surface area contributed by atoms with E-state index in [1.165, 1.54) is 6.08 Å². The summed E-state index contributed by atoms with van der Waals surface area (Å²) in [5.74, 6) is -0.0859. The van der Waals surface area contributed by atoms with Gasteiger partial charge < -0.3 is 14.8 Å². The van der Waals surface area contributed by atoms with Crippen LogP contribution in [0.3, 0.4) is 0 Å². The third-order valence-corrected chi connectivity index (χ3v) is 2.22. The first-order valence-electron chi connectivity index (χ1n) is 5.22. The van der Waals surface area contributed by atoms with Crippen LogP contribution in [0.15, 0.2) is 48.4 Å². The molecule has 0 atom stereocenters. The first-order chi connectivity index (χ1) is 8.76. The van der Waals surface area contributed by atoms with Crippen LogP contribution < -0.4 is 10.1 Å². The Morgan fingerprint density at radius 2 is 2.33 bits per heavy atom. The minimum atomic E-state index is -0.743. The average Bonchev–Trinajstić information content (AvgIpc) is 2.80. The number of benzene rings is 1. The molecule has 90 valence electrons. The fraction of sp³-hybridized carbons (Fsp3) is 0.0769. The number of anilines is 1. The van der Waals surface area contributed by atoms with E-state index in [4.69, 9.17) is 14.7 Å². The second kappa shape index (κ2) is 5.06. The number of nitrogens with zero attached hydrogens (tertiary/aromatic N) is 1. The van der Waals surface area contributed by atoms with Gasteiger partial charge in [0.2, 0.25) is 5.88 Å². The van der Waals surface area contributed by atoms with Crippen molar-refractivity contribution in [2.24, 2.45) is 0 Å². The fourth-order valence-electron chi connectivity index (χ4n) is 1.43. The van der Waals surface area contributed by atoms with Crippen molar-refractivity contribution in [1.29, 1.82) is 5.26 Å². The van der Waals surface area contributed by atoms with Crippen LogP contribution in [0.1, 0.15) is 0 Å². The van der Waals surface area contributed by atoms with Gasteiger partial charge >= 0.3 is 5.97 Å². The molecule has 0 bridgehead atoms. The maximum Gasteiger partial charge on any atom is 0.354 e. The molecule has 0 saturated carbocycles. The minimum Gasteiger partial charge on any atom is -0.457 e. The summed E-state index contributed by atoms with van der Waals surface area (Å²) < 4.78 is 10.2. The Labute approximate surface area is 104 Å². The number of ether oxygens (including phenoxy) is 2. The van der Waals surface area contributed by atoms with Gasteiger partial charge in [-0.25, -0.2) is 4.79 Å². The number of carbonyl (C=O) groups excluding carboxylic acids is 1. The van der Waals surface area contributed by atoms with Gasteiger partial charge in [0.05, 0.1) is 5.69 Å². The Hall–Kier alpha value is -2.74. The second-order valence-electron chi connectivity index (χ2n) is 3.43. The summed E-state index contributed by atoms with van der Waals surface area (Å²) >= 11 is 0. The molecule has 1 aromatic carbocycles. The Morgan fingerprint density at radius 1 is 1.56 bits per heavy atom. The molecule has 0 saturated heterocycles. The zero-order valence-electron chi connectivity index (χ0n) is 9.47. The molecule has 1 aliphatic heterocycles. The molecule has 5 nitrogen and oxygen atoms in total. The van der Waals surface area contributed by atoms with Crippen molar-refractivity contribution in [3.63, 3.8) is 0 Å². The Kier molecular flexibility index (Phi) is 3.30. The lowest BCUT2D eigenvalue weighted by Gasteiger charge is -2.03. The zero-order valence-corrected chi connectivity index (χ0v) is 9.47. The number of para-hydroxylation sites is 2. The number of nitriles is 1. The van der Waals surface area contributed by atoms with Crippen molar-refractivity contribution in [3.05, 3.63) is 48.4 Å². The summed E-state index contributed by atoms with van der Waals surface area (Å²) in [7, 11) is 0. The van der Waals surface area contributed by atoms with E-state index in [0.717, 1.165) is 0 Å². The van der Waals surface area contributed by atoms with E-state index in [0.29, 0.717) is 11.4 Å². The van der Waals surface area contributed by atoms with Crippen LogP contribution in [0.25, 0.3) is 0 Å². The number of hydrogen-bond acceptors (Lipinski definition) is 5. The maximum atomic E-state index is 11.6. The topological polar surface area (TPSA) is 71.4 Å². The van der Waals surface area contributed by atoms with E-state index in [-0.39, 0.29) is 18.1 Å². The highest BCUT2D eigenvalue weighted by Gasteiger charge is 2.24. The van der Waals surface area contributed by atoms with Crippen LogP contribution in [0.5, 0.6) is 5.75 Å². The minimum absolute atomic E-state index is 0.0459. The normalized spacial score (nSPS) is 14.6. The SMILES string of the molecule is C=CCOC(=O)C(C#N)=C1Nc2ccccc2O1. The third kappa shape index (κ3) is 2.18. The highest BCUT2D eigenvalue weighted by molar-refractivity contribution is 5.94. The molecular weight excluding hydrogens is 232 g/mol. The van der Waals surface area contributed by atoms with Gasteiger partial charge in [0, 0.05) is 0 Å². The van der Waals surface area contributed by atoms with E-state index >= 15 is 0 Å². The molecule has 0 amide bonds. The number of fused-ring (bicyclic) bond motifs is 1. The van der Waals surface area contributed by atoms with Gasteiger partial charge in [-0.2, -0.15) is 5.26 Å². The number of hydrogen-bond donors (Lipinski definition) is 1. The highest BCUT2D eigenvalue weighted by Crippen LogP contribution is 2.33. The van der Waals surface area contributed by atoms with Crippen LogP contribution in [-0.4, -0.2) is 12.6 Å². The molecule has 0 fully saturated rings. The molecule has 1 aromatic rings. The number of rotatable bonds is 3. The lowest BCUT2D eigenvalue weighted by Crippen LogP contribution is -2.13. The zero-order chi connectivity index (χ0) is 13.0. The average molecular weight is 242 g/mol. The molecule has 0 aliphatic carbocycles. The van der Waals surface area contributed by atoms with Crippen molar-refractivity contribution >= 4 is 11.7 Å². The first kappa shape index (κ1) is 11.7. The van der Waals surface area contributed by atoms with Crippen LogP contribution in [0, 0.1) is 11.3 Å². The molecule has 0 aromatic heterocycles. The van der Waals surface area contributed by atoms with Gasteiger partial charge in [0.1, 0.15) is 12.7 Å². The monoisotopic (exact) mass is 242 g/mol. The van der Waals surface area contributed by atoms with E-state index in [9.17, 15) is 4.79 Å². The lowest BCUT2D eigenvalue weighted by atomic mass is 10.3. The summed E-state index contributed by atoms with van der Waals surface area (Å²) in [6.45, 7) is 3.47. The van der Waals surface area contributed by atoms with Crippen molar-refractivity contribution in [1.82, 2.24) is 0 Å². The summed E-state index contributed by atoms with van der Waals surface area (Å²) in [6, 6.07) is 8.91. The van der Waals surface area contributed by atoms with E-state index in [2.05, 4.69) is 11.9 Å². The van der Waals surface area contributed by atoms with Gasteiger partial charge in [-0.15, -0.1) is 0 Å². The molecule has 0 radical (unpaired) electrons. The van der Waals surface area contributed by atoms with Gasteiger partial charge in [0.25, 0.3) is 0 Å². The van der Waals surface area contributed by atoms with E-state index in [1.807, 2.05) is 6.07 Å². The van der Waals surface area contributed by atoms with E-state index < -0.39 is 5.97 Å². The van der Waals surface area contributed by atoms with Crippen LogP contribution >= 0.6 is 0 Å². The fourth-order valence-corrected chi connectivity index (χ4v) is 1.43. The Bertz CT molecular complexity index is 543. The standard InChI is InChI=1S/C13H10N2O3/c1-2-7-17-13(16)9(8-14)12-15-10-5-3-4-6-11(10)18-12/h2-6,15H,1,7H2. The van der Waals surface area contributed by atoms with Crippen LogP contribution in [-0.2, 0) is 9.53 Å². The highest BCUT2D eigenvalue weighted by atomic mass is 16.5. The first-order valence-corrected chi connectivity index (χ1v) is 5.22. The largest absolute Gasteiger partial charge is 0.457 e. The van der Waals surface area contributed by atoms with Gasteiger partial charge in [-0.05, 0) is 12.1 Å². The number of nitrogens with one attached hydrogen (secondary N) is 1. The van der Waals surface area contributed by atoms with Crippen LogP contribution in [0.2, 0.25) is 0 Å².